The van der Waals surface area contributed by atoms with Gasteiger partial charge in [-0.2, -0.15) is 0 Å². The molecule has 0 radical (unpaired) electrons. The minimum absolute atomic E-state index is 0.127. The van der Waals surface area contributed by atoms with Gasteiger partial charge in [0.05, 0.1) is 0 Å². The Morgan fingerprint density at radius 1 is 1.04 bits per heavy atom. The lowest BCUT2D eigenvalue weighted by atomic mass is 9.71. The van der Waals surface area contributed by atoms with Crippen LogP contribution in [0.25, 0.3) is 0 Å². The standard InChI is InChI=1S/C20H28N2O2/c1-4-21-8-5-20(14-18(21)23)6-9-22(10-7-20)19(24)17-12-15(2)11-16(3)13-17/h11-13H,4-10,14H2,1-3H3. The molecule has 1 spiro atoms. The largest absolute Gasteiger partial charge is 0.343 e. The molecule has 1 aromatic rings. The van der Waals surface area contributed by atoms with Crippen LogP contribution < -0.4 is 0 Å². The van der Waals surface area contributed by atoms with Crippen molar-refractivity contribution in [3.63, 3.8) is 0 Å². The van der Waals surface area contributed by atoms with E-state index in [1.165, 1.54) is 0 Å². The molecule has 0 aliphatic carbocycles. The molecule has 2 aliphatic heterocycles. The van der Waals surface area contributed by atoms with Crippen molar-refractivity contribution >= 4 is 11.8 Å². The molecule has 2 fully saturated rings. The van der Waals surface area contributed by atoms with Crippen LogP contribution in [0, 0.1) is 19.3 Å². The number of carbonyl (C=O) groups excluding carboxylic acids is 2. The van der Waals surface area contributed by atoms with E-state index in [2.05, 4.69) is 6.07 Å². The highest BCUT2D eigenvalue weighted by atomic mass is 16.2. The summed E-state index contributed by atoms with van der Waals surface area (Å²) in [4.78, 5) is 29.0. The minimum Gasteiger partial charge on any atom is -0.343 e. The quantitative estimate of drug-likeness (QED) is 0.837. The van der Waals surface area contributed by atoms with Crippen LogP contribution in [0.4, 0.5) is 0 Å². The second kappa shape index (κ2) is 6.58. The summed E-state index contributed by atoms with van der Waals surface area (Å²) in [7, 11) is 0. The molecular formula is C20H28N2O2. The molecule has 4 heteroatoms. The van der Waals surface area contributed by atoms with Crippen LogP contribution in [0.5, 0.6) is 0 Å². The van der Waals surface area contributed by atoms with E-state index in [9.17, 15) is 9.59 Å². The summed E-state index contributed by atoms with van der Waals surface area (Å²) in [5.41, 5.74) is 3.18. The maximum absolute atomic E-state index is 12.8. The highest BCUT2D eigenvalue weighted by Crippen LogP contribution is 2.41. The molecule has 4 nitrogen and oxygen atoms in total. The van der Waals surface area contributed by atoms with Crippen LogP contribution in [0.3, 0.4) is 0 Å². The van der Waals surface area contributed by atoms with Gasteiger partial charge in [-0.1, -0.05) is 17.2 Å². The predicted molar refractivity (Wildman–Crippen MR) is 95.0 cm³/mol. The van der Waals surface area contributed by atoms with Gasteiger partial charge in [0.2, 0.25) is 5.91 Å². The topological polar surface area (TPSA) is 40.6 Å². The molecule has 0 unspecified atom stereocenters. The first-order valence-electron chi connectivity index (χ1n) is 9.08. The fourth-order valence-electron chi connectivity index (χ4n) is 4.24. The Morgan fingerprint density at radius 3 is 2.17 bits per heavy atom. The van der Waals surface area contributed by atoms with Crippen molar-refractivity contribution in [2.75, 3.05) is 26.2 Å². The zero-order valence-corrected chi connectivity index (χ0v) is 15.1. The second-order valence-corrected chi connectivity index (χ2v) is 7.57. The molecule has 0 saturated carbocycles. The summed E-state index contributed by atoms with van der Waals surface area (Å²) in [5.74, 6) is 0.423. The van der Waals surface area contributed by atoms with Crippen molar-refractivity contribution in [2.24, 2.45) is 5.41 Å². The summed E-state index contributed by atoms with van der Waals surface area (Å²) >= 11 is 0. The van der Waals surface area contributed by atoms with E-state index in [-0.39, 0.29) is 17.2 Å². The lowest BCUT2D eigenvalue weighted by Crippen LogP contribution is -2.50. The highest BCUT2D eigenvalue weighted by molar-refractivity contribution is 5.94. The summed E-state index contributed by atoms with van der Waals surface area (Å²) in [6, 6.07) is 6.04. The zero-order valence-electron chi connectivity index (χ0n) is 15.1. The van der Waals surface area contributed by atoms with Crippen molar-refractivity contribution in [1.29, 1.82) is 0 Å². The molecule has 3 rings (SSSR count). The van der Waals surface area contributed by atoms with Crippen LogP contribution in [-0.2, 0) is 4.79 Å². The number of amides is 2. The summed E-state index contributed by atoms with van der Waals surface area (Å²) in [6.07, 6.45) is 3.64. The van der Waals surface area contributed by atoms with Gasteiger partial charge in [0.1, 0.15) is 0 Å². The molecule has 1 aromatic carbocycles. The number of piperidine rings is 2. The van der Waals surface area contributed by atoms with Crippen LogP contribution in [0.2, 0.25) is 0 Å². The van der Waals surface area contributed by atoms with Gasteiger partial charge in [-0.15, -0.1) is 0 Å². The Labute approximate surface area is 144 Å². The van der Waals surface area contributed by atoms with Crippen LogP contribution in [0.1, 0.15) is 54.1 Å². The van der Waals surface area contributed by atoms with Crippen molar-refractivity contribution in [2.45, 2.75) is 46.5 Å². The van der Waals surface area contributed by atoms with Crippen molar-refractivity contribution in [1.82, 2.24) is 9.80 Å². The SMILES string of the molecule is CCN1CCC2(CCN(C(=O)c3cc(C)cc(C)c3)CC2)CC1=O. The number of likely N-dealkylation sites (tertiary alicyclic amines) is 2. The summed E-state index contributed by atoms with van der Waals surface area (Å²) < 4.78 is 0. The molecule has 0 N–H and O–H groups in total. The lowest BCUT2D eigenvalue weighted by Gasteiger charge is -2.46. The Kier molecular flexibility index (Phi) is 4.66. The molecule has 2 aliphatic rings. The molecule has 2 heterocycles. The molecule has 2 amide bonds. The molecule has 0 aromatic heterocycles. The average Bonchev–Trinajstić information content (AvgIpc) is 2.54. The van der Waals surface area contributed by atoms with Crippen molar-refractivity contribution in [3.8, 4) is 0 Å². The van der Waals surface area contributed by atoms with Gasteiger partial charge in [0.15, 0.2) is 0 Å². The number of hydrogen-bond donors (Lipinski definition) is 0. The Hall–Kier alpha value is -1.84. The third-order valence-corrected chi connectivity index (χ3v) is 5.75. The lowest BCUT2D eigenvalue weighted by molar-refractivity contribution is -0.139. The van der Waals surface area contributed by atoms with Crippen LogP contribution >= 0.6 is 0 Å². The minimum atomic E-state index is 0.127. The molecule has 130 valence electrons. The maximum Gasteiger partial charge on any atom is 0.253 e. The Morgan fingerprint density at radius 2 is 1.62 bits per heavy atom. The fourth-order valence-corrected chi connectivity index (χ4v) is 4.24. The smallest absolute Gasteiger partial charge is 0.253 e. The zero-order chi connectivity index (χ0) is 17.3. The van der Waals surface area contributed by atoms with Crippen molar-refractivity contribution in [3.05, 3.63) is 34.9 Å². The third-order valence-electron chi connectivity index (χ3n) is 5.75. The van der Waals surface area contributed by atoms with E-state index >= 15 is 0 Å². The summed E-state index contributed by atoms with van der Waals surface area (Å²) in [6.45, 7) is 9.33. The van der Waals surface area contributed by atoms with E-state index in [1.807, 2.05) is 42.7 Å². The summed E-state index contributed by atoms with van der Waals surface area (Å²) in [5, 5.41) is 0. The maximum atomic E-state index is 12.8. The molecule has 0 atom stereocenters. The normalized spacial score (nSPS) is 20.5. The number of aryl methyl sites for hydroxylation is 2. The van der Waals surface area contributed by atoms with Gasteiger partial charge in [-0.3, -0.25) is 9.59 Å². The van der Waals surface area contributed by atoms with Gasteiger partial charge >= 0.3 is 0 Å². The number of rotatable bonds is 2. The first-order valence-corrected chi connectivity index (χ1v) is 9.08. The second-order valence-electron chi connectivity index (χ2n) is 7.57. The van der Waals surface area contributed by atoms with E-state index in [1.54, 1.807) is 0 Å². The average molecular weight is 328 g/mol. The molecule has 0 bridgehead atoms. The van der Waals surface area contributed by atoms with Gasteiger partial charge in [0, 0.05) is 38.2 Å². The number of hydrogen-bond acceptors (Lipinski definition) is 2. The fraction of sp³-hybridized carbons (Fsp3) is 0.600. The number of carbonyl (C=O) groups is 2. The highest BCUT2D eigenvalue weighted by Gasteiger charge is 2.41. The van der Waals surface area contributed by atoms with Crippen molar-refractivity contribution < 1.29 is 9.59 Å². The van der Waals surface area contributed by atoms with Crippen LogP contribution in [-0.4, -0.2) is 47.8 Å². The van der Waals surface area contributed by atoms with E-state index in [4.69, 9.17) is 0 Å². The Bertz CT molecular complexity index is 625. The number of benzene rings is 1. The van der Waals surface area contributed by atoms with Gasteiger partial charge in [-0.05, 0) is 57.6 Å². The molecule has 2 saturated heterocycles. The third kappa shape index (κ3) is 3.33. The van der Waals surface area contributed by atoms with Gasteiger partial charge in [0.25, 0.3) is 5.91 Å². The van der Waals surface area contributed by atoms with E-state index < -0.39 is 0 Å². The van der Waals surface area contributed by atoms with E-state index in [0.29, 0.717) is 6.42 Å². The van der Waals surface area contributed by atoms with Gasteiger partial charge in [-0.25, -0.2) is 0 Å². The molecular weight excluding hydrogens is 300 g/mol. The number of nitrogens with zero attached hydrogens (tertiary/aromatic N) is 2. The van der Waals surface area contributed by atoms with Gasteiger partial charge < -0.3 is 9.80 Å². The first-order chi connectivity index (χ1) is 11.4. The predicted octanol–water partition coefficient (Wildman–Crippen LogP) is 3.17. The van der Waals surface area contributed by atoms with Crippen LogP contribution in [0.15, 0.2) is 18.2 Å². The first kappa shape index (κ1) is 17.0. The van der Waals surface area contributed by atoms with E-state index in [0.717, 1.165) is 62.1 Å². The monoisotopic (exact) mass is 328 g/mol. The Balaban J connectivity index is 1.65. The molecule has 24 heavy (non-hydrogen) atoms.